The van der Waals surface area contributed by atoms with E-state index in [4.69, 9.17) is 15.0 Å². The average Bonchev–Trinajstić information content (AvgIpc) is 2.95. The molecular weight excluding hydrogens is 322 g/mol. The minimum Gasteiger partial charge on any atom is -0.465 e. The number of esters is 2. The Hall–Kier alpha value is -1.75. The molecule has 142 valence electrons. The molecular formula is C18H31N3O4. The molecule has 1 unspecified atom stereocenters. The molecule has 1 rings (SSSR count). The first-order chi connectivity index (χ1) is 11.8. The minimum absolute atomic E-state index is 0.0798. The summed E-state index contributed by atoms with van der Waals surface area (Å²) in [5.41, 5.74) is 6.94. The van der Waals surface area contributed by atoms with Crippen LogP contribution in [0.2, 0.25) is 0 Å². The lowest BCUT2D eigenvalue weighted by Crippen LogP contribution is -2.41. The maximum absolute atomic E-state index is 12.7. The van der Waals surface area contributed by atoms with Crippen LogP contribution in [-0.2, 0) is 19.1 Å². The average molecular weight is 353 g/mol. The van der Waals surface area contributed by atoms with Gasteiger partial charge in [0.05, 0.1) is 13.2 Å². The first kappa shape index (κ1) is 21.3. The van der Waals surface area contributed by atoms with E-state index in [-0.39, 0.29) is 25.0 Å². The highest BCUT2D eigenvalue weighted by molar-refractivity contribution is 6.00. The van der Waals surface area contributed by atoms with Crippen molar-refractivity contribution in [2.45, 2.75) is 72.3 Å². The second kappa shape index (κ2) is 9.09. The largest absolute Gasteiger partial charge is 0.465 e. The third kappa shape index (κ3) is 4.66. The number of hydrogen-bond donors (Lipinski definition) is 0. The fourth-order valence-corrected chi connectivity index (χ4v) is 3.96. The standard InChI is InChI=1S/C18H31N3O4/c1-6-9-10-13-11-18(15(22)24-7-2,16(23)25-8-3)12-14(13)17(4,5)20-21-19/h13-14H,6-12H2,1-5H3/t13-,14?/m0/s1. The molecule has 1 fully saturated rings. The van der Waals surface area contributed by atoms with E-state index in [9.17, 15) is 9.59 Å². The lowest BCUT2D eigenvalue weighted by atomic mass is 9.78. The van der Waals surface area contributed by atoms with E-state index in [1.54, 1.807) is 13.8 Å². The van der Waals surface area contributed by atoms with Crippen molar-refractivity contribution in [2.24, 2.45) is 22.4 Å². The molecule has 0 aromatic carbocycles. The van der Waals surface area contributed by atoms with Gasteiger partial charge in [-0.15, -0.1) is 0 Å². The molecule has 2 atom stereocenters. The van der Waals surface area contributed by atoms with Crippen LogP contribution in [-0.4, -0.2) is 30.7 Å². The summed E-state index contributed by atoms with van der Waals surface area (Å²) < 4.78 is 10.5. The molecule has 25 heavy (non-hydrogen) atoms. The smallest absolute Gasteiger partial charge is 0.323 e. The molecule has 0 amide bonds. The van der Waals surface area contributed by atoms with Crippen molar-refractivity contribution >= 4 is 11.9 Å². The Morgan fingerprint density at radius 3 is 2.16 bits per heavy atom. The van der Waals surface area contributed by atoms with Gasteiger partial charge in [0.25, 0.3) is 0 Å². The van der Waals surface area contributed by atoms with E-state index in [2.05, 4.69) is 16.9 Å². The molecule has 0 bridgehead atoms. The van der Waals surface area contributed by atoms with Gasteiger partial charge in [-0.25, -0.2) is 0 Å². The van der Waals surface area contributed by atoms with Crippen LogP contribution < -0.4 is 0 Å². The summed E-state index contributed by atoms with van der Waals surface area (Å²) in [5.74, 6) is -1.01. The van der Waals surface area contributed by atoms with E-state index in [0.717, 1.165) is 19.3 Å². The fourth-order valence-electron chi connectivity index (χ4n) is 3.96. The molecule has 1 aliphatic carbocycles. The highest BCUT2D eigenvalue weighted by Crippen LogP contribution is 2.53. The zero-order valence-electron chi connectivity index (χ0n) is 16.1. The van der Waals surface area contributed by atoms with E-state index >= 15 is 0 Å². The highest BCUT2D eigenvalue weighted by Gasteiger charge is 2.59. The Balaban J connectivity index is 3.28. The predicted octanol–water partition coefficient (Wildman–Crippen LogP) is 4.40. The number of hydrogen-bond acceptors (Lipinski definition) is 5. The zero-order valence-corrected chi connectivity index (χ0v) is 16.1. The van der Waals surface area contributed by atoms with Gasteiger partial charge >= 0.3 is 11.9 Å². The SMILES string of the molecule is CCCC[C@H]1CC(C(=O)OCC)(C(=O)OCC)CC1C(C)(C)N=[N+]=[N-]. The maximum atomic E-state index is 12.7. The summed E-state index contributed by atoms with van der Waals surface area (Å²) >= 11 is 0. The van der Waals surface area contributed by atoms with Gasteiger partial charge in [0.1, 0.15) is 0 Å². The fraction of sp³-hybridized carbons (Fsp3) is 0.889. The van der Waals surface area contributed by atoms with Crippen molar-refractivity contribution in [2.75, 3.05) is 13.2 Å². The van der Waals surface area contributed by atoms with Crippen LogP contribution in [0.3, 0.4) is 0 Å². The van der Waals surface area contributed by atoms with Crippen LogP contribution in [0.1, 0.15) is 66.7 Å². The number of unbranched alkanes of at least 4 members (excludes halogenated alkanes) is 1. The zero-order chi connectivity index (χ0) is 19.1. The Kier molecular flexibility index (Phi) is 7.74. The van der Waals surface area contributed by atoms with Crippen molar-refractivity contribution in [3.8, 4) is 0 Å². The molecule has 7 heteroatoms. The number of ether oxygens (including phenoxy) is 2. The first-order valence-corrected chi connectivity index (χ1v) is 9.19. The summed E-state index contributed by atoms with van der Waals surface area (Å²) in [6, 6.07) is 0. The van der Waals surface area contributed by atoms with Gasteiger partial charge in [-0.3, -0.25) is 9.59 Å². The molecule has 0 spiro atoms. The Morgan fingerprint density at radius 1 is 1.16 bits per heavy atom. The summed E-state index contributed by atoms with van der Waals surface area (Å²) in [5, 5.41) is 3.95. The van der Waals surface area contributed by atoms with Crippen molar-refractivity contribution in [3.63, 3.8) is 0 Å². The summed E-state index contributed by atoms with van der Waals surface area (Å²) in [6.45, 7) is 9.70. The van der Waals surface area contributed by atoms with Gasteiger partial charge in [0.2, 0.25) is 0 Å². The molecule has 0 radical (unpaired) electrons. The minimum atomic E-state index is -1.29. The van der Waals surface area contributed by atoms with Gasteiger partial charge in [0, 0.05) is 10.5 Å². The second-order valence-electron chi connectivity index (χ2n) is 7.28. The highest BCUT2D eigenvalue weighted by atomic mass is 16.6. The number of rotatable bonds is 9. The third-order valence-electron chi connectivity index (χ3n) is 5.22. The van der Waals surface area contributed by atoms with Crippen LogP contribution in [0.15, 0.2) is 5.11 Å². The molecule has 1 saturated carbocycles. The Bertz CT molecular complexity index is 508. The van der Waals surface area contributed by atoms with Crippen LogP contribution in [0.25, 0.3) is 10.4 Å². The number of carbonyl (C=O) groups is 2. The summed E-state index contributed by atoms with van der Waals surface area (Å²) in [7, 11) is 0. The van der Waals surface area contributed by atoms with Gasteiger partial charge < -0.3 is 9.47 Å². The Morgan fingerprint density at radius 2 is 1.72 bits per heavy atom. The molecule has 0 heterocycles. The van der Waals surface area contributed by atoms with Gasteiger partial charge in [-0.05, 0) is 44.1 Å². The lowest BCUT2D eigenvalue weighted by Gasteiger charge is -2.32. The lowest BCUT2D eigenvalue weighted by molar-refractivity contribution is -0.172. The molecule has 1 aliphatic rings. The third-order valence-corrected chi connectivity index (χ3v) is 5.22. The van der Waals surface area contributed by atoms with Crippen LogP contribution in [0.4, 0.5) is 0 Å². The van der Waals surface area contributed by atoms with E-state index < -0.39 is 22.9 Å². The van der Waals surface area contributed by atoms with Crippen LogP contribution >= 0.6 is 0 Å². The topological polar surface area (TPSA) is 101 Å². The van der Waals surface area contributed by atoms with E-state index in [0.29, 0.717) is 12.8 Å². The first-order valence-electron chi connectivity index (χ1n) is 9.19. The molecule has 0 saturated heterocycles. The summed E-state index contributed by atoms with van der Waals surface area (Å²) in [6.07, 6.45) is 3.59. The number of azide groups is 1. The summed E-state index contributed by atoms with van der Waals surface area (Å²) in [4.78, 5) is 28.4. The Labute approximate surface area is 150 Å². The predicted molar refractivity (Wildman–Crippen MR) is 94.7 cm³/mol. The van der Waals surface area contributed by atoms with Gasteiger partial charge in [0.15, 0.2) is 5.41 Å². The maximum Gasteiger partial charge on any atom is 0.323 e. The van der Waals surface area contributed by atoms with Crippen molar-refractivity contribution in [1.29, 1.82) is 0 Å². The van der Waals surface area contributed by atoms with E-state index in [1.807, 2.05) is 13.8 Å². The van der Waals surface area contributed by atoms with Crippen LogP contribution in [0, 0.1) is 17.3 Å². The van der Waals surface area contributed by atoms with Gasteiger partial charge in [-0.1, -0.05) is 45.1 Å². The molecule has 0 aromatic heterocycles. The molecule has 0 N–H and O–H groups in total. The molecule has 0 aliphatic heterocycles. The van der Waals surface area contributed by atoms with E-state index in [1.165, 1.54) is 0 Å². The monoisotopic (exact) mass is 353 g/mol. The van der Waals surface area contributed by atoms with Crippen molar-refractivity contribution < 1.29 is 19.1 Å². The van der Waals surface area contributed by atoms with Gasteiger partial charge in [-0.2, -0.15) is 0 Å². The normalized spacial score (nSPS) is 22.1. The van der Waals surface area contributed by atoms with Crippen molar-refractivity contribution in [1.82, 2.24) is 0 Å². The molecule has 0 aromatic rings. The number of carbonyl (C=O) groups excluding carboxylic acids is 2. The van der Waals surface area contributed by atoms with Crippen molar-refractivity contribution in [3.05, 3.63) is 10.4 Å². The second-order valence-corrected chi connectivity index (χ2v) is 7.28. The van der Waals surface area contributed by atoms with Crippen LogP contribution in [0.5, 0.6) is 0 Å². The number of nitrogens with zero attached hydrogens (tertiary/aromatic N) is 3. The molecule has 7 nitrogen and oxygen atoms in total. The quantitative estimate of drug-likeness (QED) is 0.201.